The largest absolute Gasteiger partial charge is 0.203 e. The molecule has 0 spiro atoms. The summed E-state index contributed by atoms with van der Waals surface area (Å²) in [4.78, 5) is 0. The van der Waals surface area contributed by atoms with Crippen LogP contribution in [0.25, 0.3) is 0 Å². The van der Waals surface area contributed by atoms with Crippen LogP contribution in [0.15, 0.2) is 48.6 Å². The van der Waals surface area contributed by atoms with Crippen molar-refractivity contribution >= 4 is 0 Å². The van der Waals surface area contributed by atoms with Crippen molar-refractivity contribution in [2.45, 2.75) is 84.0 Å². The Morgan fingerprint density at radius 3 is 2.08 bits per heavy atom. The Morgan fingerprint density at radius 1 is 0.711 bits per heavy atom. The molecule has 202 valence electrons. The van der Waals surface area contributed by atoms with Crippen molar-refractivity contribution < 1.29 is 17.6 Å². The molecule has 2 fully saturated rings. The zero-order valence-corrected chi connectivity index (χ0v) is 22.5. The van der Waals surface area contributed by atoms with Gasteiger partial charge in [-0.2, -0.15) is 0 Å². The number of benzene rings is 2. The lowest BCUT2D eigenvalue weighted by atomic mass is 9.63. The summed E-state index contributed by atoms with van der Waals surface area (Å²) in [5.41, 5.74) is 0.383. The fourth-order valence-corrected chi connectivity index (χ4v) is 6.43. The number of rotatable bonds is 7. The van der Waals surface area contributed by atoms with Crippen LogP contribution in [0.4, 0.5) is 17.6 Å². The van der Waals surface area contributed by atoms with E-state index in [1.54, 1.807) is 6.07 Å². The number of hydrogen-bond donors (Lipinski definition) is 0. The van der Waals surface area contributed by atoms with Crippen LogP contribution in [-0.2, 0) is 6.42 Å². The van der Waals surface area contributed by atoms with E-state index in [4.69, 9.17) is 0 Å². The summed E-state index contributed by atoms with van der Waals surface area (Å²) in [7, 11) is 0. The Hall–Kier alpha value is -2.80. The lowest BCUT2D eigenvalue weighted by Gasteiger charge is -2.42. The van der Waals surface area contributed by atoms with Crippen molar-refractivity contribution in [1.29, 1.82) is 0 Å². The van der Waals surface area contributed by atoms with Crippen LogP contribution in [-0.4, -0.2) is 0 Å². The molecule has 0 radical (unpaired) electrons. The Morgan fingerprint density at radius 2 is 1.34 bits per heavy atom. The summed E-state index contributed by atoms with van der Waals surface area (Å²) in [5, 5.41) is 0. The zero-order valence-electron chi connectivity index (χ0n) is 22.5. The highest BCUT2D eigenvalue weighted by molar-refractivity contribution is 5.46. The van der Waals surface area contributed by atoms with Gasteiger partial charge >= 0.3 is 0 Å². The van der Waals surface area contributed by atoms with Gasteiger partial charge in [0.05, 0.1) is 11.1 Å². The van der Waals surface area contributed by atoms with Gasteiger partial charge in [-0.3, -0.25) is 0 Å². The van der Waals surface area contributed by atoms with Crippen molar-refractivity contribution in [3.63, 3.8) is 0 Å². The van der Waals surface area contributed by atoms with Crippen molar-refractivity contribution in [2.75, 3.05) is 0 Å². The molecule has 2 aromatic carbocycles. The van der Waals surface area contributed by atoms with Crippen molar-refractivity contribution in [2.24, 2.45) is 17.8 Å². The van der Waals surface area contributed by atoms with Crippen LogP contribution in [0, 0.1) is 52.9 Å². The van der Waals surface area contributed by atoms with Crippen molar-refractivity contribution in [1.82, 2.24) is 0 Å². The molecular formula is C34H38F4. The van der Waals surface area contributed by atoms with E-state index in [0.29, 0.717) is 30.2 Å². The molecule has 4 heteroatoms. The van der Waals surface area contributed by atoms with Gasteiger partial charge in [0.2, 0.25) is 0 Å². The first-order chi connectivity index (χ1) is 18.4. The highest BCUT2D eigenvalue weighted by atomic mass is 19.2. The Kier molecular flexibility index (Phi) is 9.89. The fourth-order valence-electron chi connectivity index (χ4n) is 6.43. The van der Waals surface area contributed by atoms with Gasteiger partial charge in [-0.05, 0) is 119 Å². The molecular weight excluding hydrogens is 484 g/mol. The summed E-state index contributed by atoms with van der Waals surface area (Å²) in [6, 6.07) is 6.01. The molecule has 4 unspecified atom stereocenters. The average molecular weight is 523 g/mol. The maximum absolute atomic E-state index is 15.2. The molecule has 0 aromatic heterocycles. The number of fused-ring (bicyclic) bond motifs is 1. The van der Waals surface area contributed by atoms with Gasteiger partial charge in [-0.25, -0.2) is 17.6 Å². The minimum absolute atomic E-state index is 0.00831. The minimum Gasteiger partial charge on any atom is -0.203 e. The highest BCUT2D eigenvalue weighted by Crippen LogP contribution is 2.48. The SMILES string of the molecule is C/C=C/CCc1ccc(C#Cc2ccc(C3CCC4CC(CC/C=C/C)CCC4C3)c(F)c2F)c(F)c1F. The molecule has 38 heavy (non-hydrogen) atoms. The summed E-state index contributed by atoms with van der Waals surface area (Å²) < 4.78 is 59.2. The van der Waals surface area contributed by atoms with E-state index in [1.807, 2.05) is 19.1 Å². The van der Waals surface area contributed by atoms with Crippen LogP contribution in [0.1, 0.15) is 99.8 Å². The highest BCUT2D eigenvalue weighted by Gasteiger charge is 2.36. The molecule has 2 aromatic rings. The third kappa shape index (κ3) is 6.60. The van der Waals surface area contributed by atoms with Gasteiger partial charge in [0.1, 0.15) is 0 Å². The third-order valence-corrected chi connectivity index (χ3v) is 8.56. The van der Waals surface area contributed by atoms with Gasteiger partial charge in [0.25, 0.3) is 0 Å². The second-order valence-corrected chi connectivity index (χ2v) is 10.9. The van der Waals surface area contributed by atoms with Crippen LogP contribution >= 0.6 is 0 Å². The lowest BCUT2D eigenvalue weighted by molar-refractivity contribution is 0.114. The van der Waals surface area contributed by atoms with E-state index in [-0.39, 0.29) is 22.6 Å². The van der Waals surface area contributed by atoms with Gasteiger partial charge < -0.3 is 0 Å². The number of hydrogen-bond acceptors (Lipinski definition) is 0. The standard InChI is InChI=1S/C34H38F4/c1-3-5-7-9-23-11-12-28-22-29(18-17-27(28)21-23)30-20-19-26(33(37)34(30)38)16-15-25-14-13-24(10-8-6-4-2)31(35)32(25)36/h3-6,13-14,19-20,23,27-29H,7-12,17-18,21-22H2,1-2H3/b5-3+,6-4+. The van der Waals surface area contributed by atoms with E-state index < -0.39 is 23.3 Å². The second kappa shape index (κ2) is 13.3. The molecule has 0 nitrogen and oxygen atoms in total. The predicted octanol–water partition coefficient (Wildman–Crippen LogP) is 9.81. The third-order valence-electron chi connectivity index (χ3n) is 8.56. The molecule has 2 saturated carbocycles. The Labute approximate surface area is 225 Å². The molecule has 0 heterocycles. The minimum atomic E-state index is -1.05. The first-order valence-corrected chi connectivity index (χ1v) is 14.1. The molecule has 0 saturated heterocycles. The Balaban J connectivity index is 1.43. The average Bonchev–Trinajstić information content (AvgIpc) is 2.92. The molecule has 0 N–H and O–H groups in total. The first-order valence-electron chi connectivity index (χ1n) is 14.1. The molecule has 0 aliphatic heterocycles. The van der Waals surface area contributed by atoms with E-state index in [9.17, 15) is 8.78 Å². The van der Waals surface area contributed by atoms with Gasteiger partial charge in [0.15, 0.2) is 23.3 Å². The van der Waals surface area contributed by atoms with Crippen LogP contribution < -0.4 is 0 Å². The van der Waals surface area contributed by atoms with E-state index in [1.165, 1.54) is 43.9 Å². The van der Waals surface area contributed by atoms with E-state index in [0.717, 1.165) is 31.6 Å². The van der Waals surface area contributed by atoms with Gasteiger partial charge in [0, 0.05) is 0 Å². The normalized spacial score (nSPS) is 23.4. The predicted molar refractivity (Wildman–Crippen MR) is 147 cm³/mol. The quantitative estimate of drug-likeness (QED) is 0.193. The molecule has 2 aliphatic carbocycles. The molecule has 2 aliphatic rings. The summed E-state index contributed by atoms with van der Waals surface area (Å²) >= 11 is 0. The monoisotopic (exact) mass is 522 g/mol. The van der Waals surface area contributed by atoms with Crippen LogP contribution in [0.5, 0.6) is 0 Å². The summed E-state index contributed by atoms with van der Waals surface area (Å²) in [6.45, 7) is 3.93. The summed E-state index contributed by atoms with van der Waals surface area (Å²) in [5.74, 6) is 3.23. The van der Waals surface area contributed by atoms with Crippen molar-refractivity contribution in [3.05, 3.63) is 94.1 Å². The summed E-state index contributed by atoms with van der Waals surface area (Å²) in [6.07, 6.45) is 18.0. The van der Waals surface area contributed by atoms with E-state index >= 15 is 8.78 Å². The molecule has 0 amide bonds. The smallest absolute Gasteiger partial charge is 0.174 e. The van der Waals surface area contributed by atoms with Crippen LogP contribution in [0.2, 0.25) is 0 Å². The number of aryl methyl sites for hydroxylation is 1. The molecule has 4 rings (SSSR count). The Bertz CT molecular complexity index is 1230. The number of allylic oxidation sites excluding steroid dienone is 4. The lowest BCUT2D eigenvalue weighted by Crippen LogP contribution is -2.30. The second-order valence-electron chi connectivity index (χ2n) is 10.9. The maximum atomic E-state index is 15.2. The number of halogens is 4. The zero-order chi connectivity index (χ0) is 27.1. The molecule has 4 atom stereocenters. The van der Waals surface area contributed by atoms with Gasteiger partial charge in [-0.1, -0.05) is 54.7 Å². The van der Waals surface area contributed by atoms with E-state index in [2.05, 4.69) is 30.9 Å². The fraction of sp³-hybridized carbons (Fsp3) is 0.471. The van der Waals surface area contributed by atoms with Crippen molar-refractivity contribution in [3.8, 4) is 11.8 Å². The molecule has 0 bridgehead atoms. The van der Waals surface area contributed by atoms with Gasteiger partial charge in [-0.15, -0.1) is 0 Å². The topological polar surface area (TPSA) is 0 Å². The maximum Gasteiger partial charge on any atom is 0.174 e. The first kappa shape index (κ1) is 28.2. The van der Waals surface area contributed by atoms with Crippen LogP contribution in [0.3, 0.4) is 0 Å².